The van der Waals surface area contributed by atoms with E-state index in [1.54, 1.807) is 12.4 Å². The highest BCUT2D eigenvalue weighted by atomic mass is 16.2. The van der Waals surface area contributed by atoms with Crippen LogP contribution in [-0.2, 0) is 0 Å². The number of nitrogens with zero attached hydrogens (tertiary/aromatic N) is 2. The van der Waals surface area contributed by atoms with Crippen LogP contribution in [0, 0.1) is 0 Å². The first kappa shape index (κ1) is 16.2. The molecule has 0 aliphatic rings. The Balaban J connectivity index is 1.49. The van der Waals surface area contributed by atoms with Crippen LogP contribution in [0.1, 0.15) is 0 Å². The van der Waals surface area contributed by atoms with Gasteiger partial charge in [-0.15, -0.1) is 0 Å². The van der Waals surface area contributed by atoms with Crippen LogP contribution in [0.2, 0.25) is 0 Å². The van der Waals surface area contributed by atoms with Crippen molar-refractivity contribution in [1.29, 1.82) is 0 Å². The van der Waals surface area contributed by atoms with Gasteiger partial charge in [0.25, 0.3) is 0 Å². The van der Waals surface area contributed by atoms with Crippen molar-refractivity contribution in [2.45, 2.75) is 0 Å². The van der Waals surface area contributed by atoms with Gasteiger partial charge in [0, 0.05) is 28.9 Å². The van der Waals surface area contributed by atoms with Crippen molar-refractivity contribution in [1.82, 2.24) is 9.97 Å². The Kier molecular flexibility index (Phi) is 3.84. The largest absolute Gasteiger partial charge is 0.323 e. The minimum absolute atomic E-state index is 0.314. The van der Waals surface area contributed by atoms with Gasteiger partial charge in [-0.05, 0) is 47.2 Å². The van der Waals surface area contributed by atoms with E-state index in [0.717, 1.165) is 32.7 Å². The molecule has 0 aliphatic carbocycles. The van der Waals surface area contributed by atoms with Gasteiger partial charge in [-0.2, -0.15) is 0 Å². The molecule has 2 heterocycles. The van der Waals surface area contributed by atoms with Gasteiger partial charge in [0.2, 0.25) is 0 Å². The number of carbonyl (C=O) groups is 1. The fourth-order valence-electron chi connectivity index (χ4n) is 3.44. The van der Waals surface area contributed by atoms with Gasteiger partial charge >= 0.3 is 6.03 Å². The molecule has 28 heavy (non-hydrogen) atoms. The van der Waals surface area contributed by atoms with Gasteiger partial charge < -0.3 is 10.6 Å². The van der Waals surface area contributed by atoms with Gasteiger partial charge in [0.15, 0.2) is 0 Å². The van der Waals surface area contributed by atoms with Crippen LogP contribution in [0.25, 0.3) is 32.6 Å². The van der Waals surface area contributed by atoms with Crippen molar-refractivity contribution >= 4 is 50.0 Å². The SMILES string of the molecule is O=C(Nc1ccc2ccccc2c1)Nc1cc2cccnc2c2cccnc12. The Labute approximate surface area is 161 Å². The number of urea groups is 1. The minimum atomic E-state index is -0.314. The quantitative estimate of drug-likeness (QED) is 0.402. The van der Waals surface area contributed by atoms with Gasteiger partial charge in [-0.25, -0.2) is 4.79 Å². The van der Waals surface area contributed by atoms with E-state index < -0.39 is 0 Å². The predicted octanol–water partition coefficient (Wildman–Crippen LogP) is 5.58. The Morgan fingerprint density at radius 2 is 1.43 bits per heavy atom. The van der Waals surface area contributed by atoms with E-state index in [9.17, 15) is 4.79 Å². The summed E-state index contributed by atoms with van der Waals surface area (Å²) < 4.78 is 0. The van der Waals surface area contributed by atoms with Gasteiger partial charge in [0.05, 0.1) is 16.7 Å². The first-order valence-corrected chi connectivity index (χ1v) is 8.97. The third-order valence-corrected chi connectivity index (χ3v) is 4.71. The zero-order valence-corrected chi connectivity index (χ0v) is 14.9. The molecule has 2 aromatic heterocycles. The molecule has 2 N–H and O–H groups in total. The lowest BCUT2D eigenvalue weighted by atomic mass is 10.1. The number of anilines is 2. The maximum Gasteiger partial charge on any atom is 0.323 e. The Bertz CT molecular complexity index is 1350. The molecule has 2 amide bonds. The topological polar surface area (TPSA) is 66.9 Å². The van der Waals surface area contributed by atoms with E-state index in [1.165, 1.54) is 0 Å². The Morgan fingerprint density at radius 1 is 0.679 bits per heavy atom. The third-order valence-electron chi connectivity index (χ3n) is 4.71. The molecule has 5 aromatic rings. The summed E-state index contributed by atoms with van der Waals surface area (Å²) in [7, 11) is 0. The zero-order valence-electron chi connectivity index (χ0n) is 14.9. The van der Waals surface area contributed by atoms with Crippen LogP contribution in [0.4, 0.5) is 16.2 Å². The summed E-state index contributed by atoms with van der Waals surface area (Å²) in [6.07, 6.45) is 3.47. The molecule has 134 valence electrons. The molecule has 0 radical (unpaired) electrons. The van der Waals surface area contributed by atoms with Crippen LogP contribution >= 0.6 is 0 Å². The number of pyridine rings is 2. The maximum absolute atomic E-state index is 12.6. The summed E-state index contributed by atoms with van der Waals surface area (Å²) in [4.78, 5) is 21.5. The summed E-state index contributed by atoms with van der Waals surface area (Å²) in [6.45, 7) is 0. The number of amides is 2. The zero-order chi connectivity index (χ0) is 18.9. The van der Waals surface area contributed by atoms with E-state index in [0.29, 0.717) is 11.2 Å². The van der Waals surface area contributed by atoms with Crippen LogP contribution in [0.5, 0.6) is 0 Å². The summed E-state index contributed by atoms with van der Waals surface area (Å²) in [5.74, 6) is 0. The average Bonchev–Trinajstić information content (AvgIpc) is 2.74. The normalized spacial score (nSPS) is 11.0. The van der Waals surface area contributed by atoms with Crippen LogP contribution in [0.3, 0.4) is 0 Å². The van der Waals surface area contributed by atoms with Crippen molar-refractivity contribution in [3.63, 3.8) is 0 Å². The van der Waals surface area contributed by atoms with Crippen LogP contribution in [-0.4, -0.2) is 16.0 Å². The van der Waals surface area contributed by atoms with Gasteiger partial charge in [-0.1, -0.05) is 36.4 Å². The summed E-state index contributed by atoms with van der Waals surface area (Å²) in [6, 6.07) is 23.1. The van der Waals surface area contributed by atoms with Crippen molar-refractivity contribution in [2.24, 2.45) is 0 Å². The number of aromatic nitrogens is 2. The van der Waals surface area contributed by atoms with Crippen molar-refractivity contribution in [2.75, 3.05) is 10.6 Å². The smallest absolute Gasteiger partial charge is 0.308 e. The van der Waals surface area contributed by atoms with Crippen molar-refractivity contribution in [3.05, 3.63) is 85.2 Å². The van der Waals surface area contributed by atoms with Gasteiger partial charge in [0.1, 0.15) is 0 Å². The number of fused-ring (bicyclic) bond motifs is 4. The highest BCUT2D eigenvalue weighted by Gasteiger charge is 2.11. The van der Waals surface area contributed by atoms with E-state index in [1.807, 2.05) is 72.8 Å². The Hall–Kier alpha value is -3.99. The molecule has 0 aliphatic heterocycles. The number of hydrogen-bond acceptors (Lipinski definition) is 3. The predicted molar refractivity (Wildman–Crippen MR) is 114 cm³/mol. The summed E-state index contributed by atoms with van der Waals surface area (Å²) in [5, 5.41) is 9.89. The molecule has 0 saturated carbocycles. The third kappa shape index (κ3) is 2.89. The molecule has 0 fully saturated rings. The molecule has 0 spiro atoms. The summed E-state index contributed by atoms with van der Waals surface area (Å²) in [5.41, 5.74) is 2.96. The number of carbonyl (C=O) groups excluding carboxylic acids is 1. The average molecular weight is 364 g/mol. The lowest BCUT2D eigenvalue weighted by molar-refractivity contribution is 0.262. The maximum atomic E-state index is 12.6. The van der Waals surface area contributed by atoms with E-state index >= 15 is 0 Å². The second-order valence-corrected chi connectivity index (χ2v) is 6.54. The molecule has 0 bridgehead atoms. The Morgan fingerprint density at radius 3 is 2.32 bits per heavy atom. The number of hydrogen-bond donors (Lipinski definition) is 2. The molecule has 3 aromatic carbocycles. The highest BCUT2D eigenvalue weighted by molar-refractivity contribution is 6.13. The van der Waals surface area contributed by atoms with Crippen molar-refractivity contribution < 1.29 is 4.79 Å². The fraction of sp³-hybridized carbons (Fsp3) is 0. The first-order valence-electron chi connectivity index (χ1n) is 8.97. The van der Waals surface area contributed by atoms with E-state index in [-0.39, 0.29) is 6.03 Å². The summed E-state index contributed by atoms with van der Waals surface area (Å²) >= 11 is 0. The number of benzene rings is 3. The lowest BCUT2D eigenvalue weighted by Crippen LogP contribution is -2.19. The molecule has 5 rings (SSSR count). The minimum Gasteiger partial charge on any atom is -0.308 e. The van der Waals surface area contributed by atoms with E-state index in [4.69, 9.17) is 0 Å². The van der Waals surface area contributed by atoms with Crippen LogP contribution < -0.4 is 10.6 Å². The molecular weight excluding hydrogens is 348 g/mol. The fourth-order valence-corrected chi connectivity index (χ4v) is 3.44. The highest BCUT2D eigenvalue weighted by Crippen LogP contribution is 2.29. The van der Waals surface area contributed by atoms with Crippen LogP contribution in [0.15, 0.2) is 85.2 Å². The molecular formula is C23H16N4O. The molecule has 5 heteroatoms. The van der Waals surface area contributed by atoms with Crippen molar-refractivity contribution in [3.8, 4) is 0 Å². The molecule has 5 nitrogen and oxygen atoms in total. The number of rotatable bonds is 2. The van der Waals surface area contributed by atoms with Gasteiger partial charge in [-0.3, -0.25) is 9.97 Å². The molecule has 0 unspecified atom stereocenters. The second-order valence-electron chi connectivity index (χ2n) is 6.54. The molecule has 0 saturated heterocycles. The standard InChI is InChI=1S/C23H16N4O/c28-23(26-18-10-9-15-5-1-2-6-16(15)13-18)27-20-14-17-7-3-11-24-21(17)19-8-4-12-25-22(19)20/h1-14H,(H2,26,27,28). The monoisotopic (exact) mass is 364 g/mol. The van der Waals surface area contributed by atoms with E-state index in [2.05, 4.69) is 20.6 Å². The first-order chi connectivity index (χ1) is 13.8. The lowest BCUT2D eigenvalue weighted by Gasteiger charge is -2.12. The second kappa shape index (κ2) is 6.63. The number of nitrogens with one attached hydrogen (secondary N) is 2. The molecule has 0 atom stereocenters.